The van der Waals surface area contributed by atoms with Gasteiger partial charge >= 0.3 is 5.97 Å². The molecule has 4 nitrogen and oxygen atoms in total. The van der Waals surface area contributed by atoms with E-state index in [1.165, 1.54) is 31.0 Å². The SMILES string of the molecule is CC(CN(C)C(=O)C(C)(C)c1ccc(Cl)cc1F)C(=O)O. The van der Waals surface area contributed by atoms with E-state index in [9.17, 15) is 14.0 Å². The Morgan fingerprint density at radius 1 is 1.43 bits per heavy atom. The van der Waals surface area contributed by atoms with E-state index in [1.807, 2.05) is 0 Å². The second kappa shape index (κ2) is 6.43. The highest BCUT2D eigenvalue weighted by atomic mass is 35.5. The zero-order valence-electron chi connectivity index (χ0n) is 12.5. The predicted molar refractivity (Wildman–Crippen MR) is 78.9 cm³/mol. The Morgan fingerprint density at radius 2 is 2.00 bits per heavy atom. The number of carboxylic acid groups (broad SMARTS) is 1. The van der Waals surface area contributed by atoms with Crippen LogP contribution in [0.15, 0.2) is 18.2 Å². The van der Waals surface area contributed by atoms with Gasteiger partial charge in [-0.3, -0.25) is 9.59 Å². The van der Waals surface area contributed by atoms with Gasteiger partial charge in [-0.05, 0) is 26.0 Å². The smallest absolute Gasteiger partial charge is 0.308 e. The number of hydrogen-bond acceptors (Lipinski definition) is 2. The van der Waals surface area contributed by atoms with Crippen molar-refractivity contribution in [3.05, 3.63) is 34.6 Å². The van der Waals surface area contributed by atoms with Gasteiger partial charge in [-0.15, -0.1) is 0 Å². The van der Waals surface area contributed by atoms with Gasteiger partial charge in [0.1, 0.15) is 5.82 Å². The third-order valence-electron chi connectivity index (χ3n) is 3.46. The lowest BCUT2D eigenvalue weighted by Gasteiger charge is -2.31. The van der Waals surface area contributed by atoms with Crippen LogP contribution in [0, 0.1) is 11.7 Å². The molecule has 0 aliphatic rings. The Hall–Kier alpha value is -1.62. The standard InChI is InChI=1S/C15H19ClFNO3/c1-9(13(19)20)8-18(4)14(21)15(2,3)11-6-5-10(16)7-12(11)17/h5-7,9H,8H2,1-4H3,(H,19,20). The number of hydrogen-bond donors (Lipinski definition) is 1. The van der Waals surface area contributed by atoms with Crippen molar-refractivity contribution in [2.24, 2.45) is 5.92 Å². The molecule has 0 radical (unpaired) electrons. The zero-order valence-corrected chi connectivity index (χ0v) is 13.2. The summed E-state index contributed by atoms with van der Waals surface area (Å²) in [7, 11) is 1.51. The average Bonchev–Trinajstić information content (AvgIpc) is 2.36. The van der Waals surface area contributed by atoms with Crippen LogP contribution in [0.4, 0.5) is 4.39 Å². The van der Waals surface area contributed by atoms with Crippen LogP contribution >= 0.6 is 11.6 Å². The van der Waals surface area contributed by atoms with Gasteiger partial charge < -0.3 is 10.0 Å². The first-order chi connectivity index (χ1) is 9.57. The first kappa shape index (κ1) is 17.4. The Balaban J connectivity index is 3.00. The highest BCUT2D eigenvalue weighted by Crippen LogP contribution is 2.29. The predicted octanol–water partition coefficient (Wildman–Crippen LogP) is 2.94. The van der Waals surface area contributed by atoms with Crippen LogP contribution in [0.5, 0.6) is 0 Å². The minimum Gasteiger partial charge on any atom is -0.481 e. The van der Waals surface area contributed by atoms with Crippen LogP contribution in [0.3, 0.4) is 0 Å². The lowest BCUT2D eigenvalue weighted by atomic mass is 9.82. The first-order valence-corrected chi connectivity index (χ1v) is 6.89. The fourth-order valence-electron chi connectivity index (χ4n) is 2.16. The van der Waals surface area contributed by atoms with Gasteiger partial charge in [0.05, 0.1) is 11.3 Å². The van der Waals surface area contributed by atoms with Crippen molar-refractivity contribution in [3.8, 4) is 0 Å². The minimum absolute atomic E-state index is 0.0623. The van der Waals surface area contributed by atoms with Crippen LogP contribution < -0.4 is 0 Å². The fraction of sp³-hybridized carbons (Fsp3) is 0.467. The molecule has 0 aliphatic heterocycles. The van der Waals surface area contributed by atoms with Crippen molar-refractivity contribution in [2.45, 2.75) is 26.2 Å². The first-order valence-electron chi connectivity index (χ1n) is 6.51. The van der Waals surface area contributed by atoms with Gasteiger partial charge in [0.2, 0.25) is 5.91 Å². The second-order valence-electron chi connectivity index (χ2n) is 5.67. The molecule has 1 aromatic carbocycles. The number of aliphatic carboxylic acids is 1. The van der Waals surface area contributed by atoms with E-state index in [4.69, 9.17) is 16.7 Å². The van der Waals surface area contributed by atoms with Crippen LogP contribution in [0.25, 0.3) is 0 Å². The van der Waals surface area contributed by atoms with Crippen molar-refractivity contribution in [2.75, 3.05) is 13.6 Å². The quantitative estimate of drug-likeness (QED) is 0.909. The van der Waals surface area contributed by atoms with Gasteiger partial charge in [-0.1, -0.05) is 24.6 Å². The number of carbonyl (C=O) groups excluding carboxylic acids is 1. The molecule has 1 aromatic rings. The number of likely N-dealkylation sites (N-methyl/N-ethyl adjacent to an activating group) is 1. The summed E-state index contributed by atoms with van der Waals surface area (Å²) in [5, 5.41) is 9.15. The van der Waals surface area contributed by atoms with Gasteiger partial charge in [-0.2, -0.15) is 0 Å². The molecule has 21 heavy (non-hydrogen) atoms. The average molecular weight is 316 g/mol. The number of benzene rings is 1. The van der Waals surface area contributed by atoms with E-state index >= 15 is 0 Å². The van der Waals surface area contributed by atoms with Gasteiger partial charge in [0.15, 0.2) is 0 Å². The number of carboxylic acids is 1. The number of amides is 1. The summed E-state index contributed by atoms with van der Waals surface area (Å²) in [5.74, 6) is -2.58. The van der Waals surface area contributed by atoms with E-state index < -0.39 is 23.1 Å². The summed E-state index contributed by atoms with van der Waals surface area (Å²) >= 11 is 5.71. The molecular weight excluding hydrogens is 297 g/mol. The minimum atomic E-state index is -1.11. The number of halogens is 2. The van der Waals surface area contributed by atoms with E-state index in [0.29, 0.717) is 0 Å². The molecule has 1 amide bonds. The highest BCUT2D eigenvalue weighted by Gasteiger charge is 2.35. The summed E-state index contributed by atoms with van der Waals surface area (Å²) in [6.07, 6.45) is 0. The van der Waals surface area contributed by atoms with Crippen molar-refractivity contribution >= 4 is 23.5 Å². The molecular formula is C15H19ClFNO3. The van der Waals surface area contributed by atoms with E-state index in [2.05, 4.69) is 0 Å². The van der Waals surface area contributed by atoms with Crippen LogP contribution in [-0.4, -0.2) is 35.5 Å². The van der Waals surface area contributed by atoms with Gasteiger partial charge in [0, 0.05) is 24.2 Å². The van der Waals surface area contributed by atoms with Crippen LogP contribution in [0.1, 0.15) is 26.3 Å². The monoisotopic (exact) mass is 315 g/mol. The van der Waals surface area contributed by atoms with Crippen molar-refractivity contribution in [1.82, 2.24) is 4.90 Å². The second-order valence-corrected chi connectivity index (χ2v) is 6.11. The molecule has 0 saturated carbocycles. The molecule has 0 heterocycles. The Bertz CT molecular complexity index is 560. The maximum Gasteiger partial charge on any atom is 0.308 e. The molecule has 0 saturated heterocycles. The molecule has 0 fully saturated rings. The topological polar surface area (TPSA) is 57.6 Å². The molecule has 1 unspecified atom stereocenters. The molecule has 1 atom stereocenters. The van der Waals surface area contributed by atoms with Crippen LogP contribution in [0.2, 0.25) is 5.02 Å². The largest absolute Gasteiger partial charge is 0.481 e. The van der Waals surface area contributed by atoms with E-state index in [-0.39, 0.29) is 23.0 Å². The summed E-state index contributed by atoms with van der Waals surface area (Å²) in [5.41, 5.74) is -0.881. The Kier molecular flexibility index (Phi) is 5.34. The molecule has 0 spiro atoms. The molecule has 0 aromatic heterocycles. The Morgan fingerprint density at radius 3 is 2.48 bits per heavy atom. The maximum atomic E-state index is 14.0. The summed E-state index contributed by atoms with van der Waals surface area (Å²) in [4.78, 5) is 24.7. The lowest BCUT2D eigenvalue weighted by Crippen LogP contribution is -2.44. The Labute approximate surface area is 128 Å². The molecule has 1 N–H and O–H groups in total. The zero-order chi connectivity index (χ0) is 16.4. The number of nitrogens with zero attached hydrogens (tertiary/aromatic N) is 1. The van der Waals surface area contributed by atoms with E-state index in [0.717, 1.165) is 6.07 Å². The highest BCUT2D eigenvalue weighted by molar-refractivity contribution is 6.30. The third kappa shape index (κ3) is 3.94. The normalized spacial score (nSPS) is 12.9. The maximum absolute atomic E-state index is 14.0. The van der Waals surface area contributed by atoms with Crippen molar-refractivity contribution in [1.29, 1.82) is 0 Å². The van der Waals surface area contributed by atoms with Crippen molar-refractivity contribution < 1.29 is 19.1 Å². The molecule has 0 bridgehead atoms. The van der Waals surface area contributed by atoms with E-state index in [1.54, 1.807) is 13.8 Å². The summed E-state index contributed by atoms with van der Waals surface area (Å²) < 4.78 is 14.0. The lowest BCUT2D eigenvalue weighted by molar-refractivity contribution is -0.143. The molecule has 116 valence electrons. The van der Waals surface area contributed by atoms with Gasteiger partial charge in [-0.25, -0.2) is 4.39 Å². The van der Waals surface area contributed by atoms with Crippen LogP contribution in [-0.2, 0) is 15.0 Å². The molecule has 1 rings (SSSR count). The van der Waals surface area contributed by atoms with Gasteiger partial charge in [0.25, 0.3) is 0 Å². The number of rotatable bonds is 5. The third-order valence-corrected chi connectivity index (χ3v) is 3.69. The fourth-order valence-corrected chi connectivity index (χ4v) is 2.32. The summed E-state index contributed by atoms with van der Waals surface area (Å²) in [6, 6.07) is 4.16. The summed E-state index contributed by atoms with van der Waals surface area (Å²) in [6.45, 7) is 4.78. The van der Waals surface area contributed by atoms with Crippen molar-refractivity contribution in [3.63, 3.8) is 0 Å². The molecule has 6 heteroatoms. The molecule has 0 aliphatic carbocycles. The number of carbonyl (C=O) groups is 2.